The van der Waals surface area contributed by atoms with Crippen molar-refractivity contribution in [1.29, 1.82) is 0 Å². The quantitative estimate of drug-likeness (QED) is 0.865. The monoisotopic (exact) mass is 243 g/mol. The van der Waals surface area contributed by atoms with Crippen LogP contribution in [-0.4, -0.2) is 13.1 Å². The molecule has 0 bridgehead atoms. The van der Waals surface area contributed by atoms with Gasteiger partial charge in [0.25, 0.3) is 0 Å². The SMILES string of the molecule is CNC(C)C(c1ccccc1)c1ccc(F)cc1. The molecule has 2 unspecified atom stereocenters. The molecular weight excluding hydrogens is 225 g/mol. The fraction of sp³-hybridized carbons (Fsp3) is 0.250. The Hall–Kier alpha value is -1.67. The molecule has 0 radical (unpaired) electrons. The van der Waals surface area contributed by atoms with Gasteiger partial charge in [0.05, 0.1) is 0 Å². The largest absolute Gasteiger partial charge is 0.316 e. The maximum Gasteiger partial charge on any atom is 0.123 e. The highest BCUT2D eigenvalue weighted by molar-refractivity contribution is 5.34. The van der Waals surface area contributed by atoms with Gasteiger partial charge in [0, 0.05) is 12.0 Å². The summed E-state index contributed by atoms with van der Waals surface area (Å²) in [5.74, 6) is 0.0412. The van der Waals surface area contributed by atoms with E-state index >= 15 is 0 Å². The zero-order valence-corrected chi connectivity index (χ0v) is 10.7. The third-order valence-electron chi connectivity index (χ3n) is 3.34. The molecule has 2 aromatic rings. The molecule has 2 atom stereocenters. The third-order valence-corrected chi connectivity index (χ3v) is 3.34. The lowest BCUT2D eigenvalue weighted by Crippen LogP contribution is -2.29. The molecule has 18 heavy (non-hydrogen) atoms. The number of likely N-dealkylation sites (N-methyl/N-ethyl adjacent to an activating group) is 1. The molecule has 0 saturated heterocycles. The minimum Gasteiger partial charge on any atom is -0.316 e. The van der Waals surface area contributed by atoms with Crippen molar-refractivity contribution < 1.29 is 4.39 Å². The molecule has 0 spiro atoms. The van der Waals surface area contributed by atoms with Crippen molar-refractivity contribution in [1.82, 2.24) is 5.32 Å². The van der Waals surface area contributed by atoms with Crippen molar-refractivity contribution in [3.05, 3.63) is 71.5 Å². The first-order valence-electron chi connectivity index (χ1n) is 6.20. The van der Waals surface area contributed by atoms with Gasteiger partial charge in [0.1, 0.15) is 5.82 Å². The van der Waals surface area contributed by atoms with Gasteiger partial charge in [-0.05, 0) is 37.2 Å². The standard InChI is InChI=1S/C16H18FN/c1-12(18-2)16(13-6-4-3-5-7-13)14-8-10-15(17)11-9-14/h3-12,16,18H,1-2H3. The predicted molar refractivity (Wildman–Crippen MR) is 73.2 cm³/mol. The smallest absolute Gasteiger partial charge is 0.123 e. The van der Waals surface area contributed by atoms with Crippen molar-refractivity contribution in [2.45, 2.75) is 18.9 Å². The lowest BCUT2D eigenvalue weighted by atomic mass is 9.86. The van der Waals surface area contributed by atoms with Crippen LogP contribution >= 0.6 is 0 Å². The third kappa shape index (κ3) is 2.77. The van der Waals surface area contributed by atoms with E-state index in [0.29, 0.717) is 0 Å². The summed E-state index contributed by atoms with van der Waals surface area (Å²) in [4.78, 5) is 0. The molecule has 2 rings (SSSR count). The van der Waals surface area contributed by atoms with E-state index in [1.54, 1.807) is 0 Å². The normalized spacial score (nSPS) is 14.2. The number of rotatable bonds is 4. The van der Waals surface area contributed by atoms with Crippen LogP contribution in [0.3, 0.4) is 0 Å². The summed E-state index contributed by atoms with van der Waals surface area (Å²) in [5, 5.41) is 3.28. The highest BCUT2D eigenvalue weighted by Crippen LogP contribution is 2.27. The van der Waals surface area contributed by atoms with E-state index in [0.717, 1.165) is 5.56 Å². The van der Waals surface area contributed by atoms with Crippen LogP contribution in [0, 0.1) is 5.82 Å². The Morgan fingerprint density at radius 1 is 0.889 bits per heavy atom. The average Bonchev–Trinajstić information content (AvgIpc) is 2.42. The van der Waals surface area contributed by atoms with E-state index in [-0.39, 0.29) is 17.8 Å². The fourth-order valence-electron chi connectivity index (χ4n) is 2.27. The van der Waals surface area contributed by atoms with E-state index < -0.39 is 0 Å². The predicted octanol–water partition coefficient (Wildman–Crippen LogP) is 3.57. The minimum atomic E-state index is -0.192. The molecule has 0 heterocycles. The van der Waals surface area contributed by atoms with Gasteiger partial charge in [-0.1, -0.05) is 42.5 Å². The van der Waals surface area contributed by atoms with Gasteiger partial charge in [-0.3, -0.25) is 0 Å². The van der Waals surface area contributed by atoms with Crippen molar-refractivity contribution in [2.75, 3.05) is 7.05 Å². The first-order valence-corrected chi connectivity index (χ1v) is 6.20. The van der Waals surface area contributed by atoms with Gasteiger partial charge in [-0.25, -0.2) is 4.39 Å². The zero-order chi connectivity index (χ0) is 13.0. The summed E-state index contributed by atoms with van der Waals surface area (Å²) < 4.78 is 13.0. The number of benzene rings is 2. The topological polar surface area (TPSA) is 12.0 Å². The average molecular weight is 243 g/mol. The Morgan fingerprint density at radius 3 is 2.00 bits per heavy atom. The van der Waals surface area contributed by atoms with Crippen LogP contribution in [0.1, 0.15) is 24.0 Å². The molecule has 0 amide bonds. The number of hydrogen-bond acceptors (Lipinski definition) is 1. The van der Waals surface area contributed by atoms with E-state index in [2.05, 4.69) is 24.4 Å². The Kier molecular flexibility index (Phi) is 4.11. The Morgan fingerprint density at radius 2 is 1.44 bits per heavy atom. The van der Waals surface area contributed by atoms with Crippen LogP contribution in [0.5, 0.6) is 0 Å². The Labute approximate surface area is 108 Å². The van der Waals surface area contributed by atoms with Crippen molar-refractivity contribution >= 4 is 0 Å². The fourth-order valence-corrected chi connectivity index (χ4v) is 2.27. The van der Waals surface area contributed by atoms with E-state index in [1.807, 2.05) is 37.4 Å². The molecule has 2 aromatic carbocycles. The summed E-state index contributed by atoms with van der Waals surface area (Å²) in [6, 6.07) is 17.4. The molecule has 0 aliphatic rings. The number of hydrogen-bond donors (Lipinski definition) is 1. The Balaban J connectivity index is 2.40. The summed E-state index contributed by atoms with van der Waals surface area (Å²) in [6.45, 7) is 2.14. The molecule has 0 aliphatic heterocycles. The van der Waals surface area contributed by atoms with Crippen LogP contribution in [-0.2, 0) is 0 Å². The molecule has 1 nitrogen and oxygen atoms in total. The van der Waals surface area contributed by atoms with Gasteiger partial charge in [0.2, 0.25) is 0 Å². The highest BCUT2D eigenvalue weighted by atomic mass is 19.1. The maximum absolute atomic E-state index is 13.0. The van der Waals surface area contributed by atoms with Crippen molar-refractivity contribution in [2.24, 2.45) is 0 Å². The second-order valence-corrected chi connectivity index (χ2v) is 4.52. The molecule has 0 saturated carbocycles. The zero-order valence-electron chi connectivity index (χ0n) is 10.7. The lowest BCUT2D eigenvalue weighted by Gasteiger charge is -2.24. The summed E-state index contributed by atoms with van der Waals surface area (Å²) in [5.41, 5.74) is 2.37. The first-order chi connectivity index (χ1) is 8.72. The summed E-state index contributed by atoms with van der Waals surface area (Å²) in [6.07, 6.45) is 0. The molecule has 1 N–H and O–H groups in total. The van der Waals surface area contributed by atoms with Crippen molar-refractivity contribution in [3.63, 3.8) is 0 Å². The molecule has 2 heteroatoms. The van der Waals surface area contributed by atoms with Crippen LogP contribution < -0.4 is 5.32 Å². The van der Waals surface area contributed by atoms with Gasteiger partial charge >= 0.3 is 0 Å². The molecule has 0 fully saturated rings. The summed E-state index contributed by atoms with van der Waals surface area (Å²) in [7, 11) is 1.95. The van der Waals surface area contributed by atoms with Crippen LogP contribution in [0.15, 0.2) is 54.6 Å². The maximum atomic E-state index is 13.0. The van der Waals surface area contributed by atoms with E-state index in [1.165, 1.54) is 17.7 Å². The number of nitrogens with one attached hydrogen (secondary N) is 1. The molecular formula is C16H18FN. The lowest BCUT2D eigenvalue weighted by molar-refractivity contribution is 0.545. The van der Waals surface area contributed by atoms with Crippen LogP contribution in [0.2, 0.25) is 0 Å². The Bertz CT molecular complexity index is 478. The van der Waals surface area contributed by atoms with E-state index in [4.69, 9.17) is 0 Å². The molecule has 0 aliphatic carbocycles. The highest BCUT2D eigenvalue weighted by Gasteiger charge is 2.19. The molecule has 0 aromatic heterocycles. The van der Waals surface area contributed by atoms with Crippen molar-refractivity contribution in [3.8, 4) is 0 Å². The summed E-state index contributed by atoms with van der Waals surface area (Å²) >= 11 is 0. The van der Waals surface area contributed by atoms with Crippen LogP contribution in [0.25, 0.3) is 0 Å². The first kappa shape index (κ1) is 12.8. The van der Waals surface area contributed by atoms with Gasteiger partial charge in [0.15, 0.2) is 0 Å². The van der Waals surface area contributed by atoms with Gasteiger partial charge in [-0.15, -0.1) is 0 Å². The minimum absolute atomic E-state index is 0.192. The van der Waals surface area contributed by atoms with E-state index in [9.17, 15) is 4.39 Å². The number of halogens is 1. The van der Waals surface area contributed by atoms with Gasteiger partial charge in [-0.2, -0.15) is 0 Å². The van der Waals surface area contributed by atoms with Gasteiger partial charge < -0.3 is 5.32 Å². The second kappa shape index (κ2) is 5.78. The van der Waals surface area contributed by atoms with Crippen LogP contribution in [0.4, 0.5) is 4.39 Å². The second-order valence-electron chi connectivity index (χ2n) is 4.52. The molecule has 94 valence electrons.